The summed E-state index contributed by atoms with van der Waals surface area (Å²) in [5, 5.41) is 10.6. The average molecular weight is 505 g/mol. The third kappa shape index (κ3) is 3.77. The van der Waals surface area contributed by atoms with Crippen LogP contribution in [0, 0.1) is 20.8 Å². The van der Waals surface area contributed by atoms with Crippen molar-refractivity contribution in [3.8, 4) is 0 Å². The SMILES string of the molecule is O=C(OC12CC3CC(CC(COC(F)(F)C(=O)[O-])(C3)C1)C2)c1ccc(I)cc1. The molecule has 8 heteroatoms. The fourth-order valence-electron chi connectivity index (χ4n) is 5.80. The standard InChI is InChI=1S/C20H21F2IO5/c21-20(22,17(25)26)27-11-18-6-12-5-13(7-18)9-19(8-12,10-18)28-16(24)14-1-3-15(23)4-2-14/h1-4,12-13H,5-11H2,(H,25,26)/p-1. The van der Waals surface area contributed by atoms with Crippen molar-refractivity contribution in [1.82, 2.24) is 0 Å². The van der Waals surface area contributed by atoms with Gasteiger partial charge in [0.1, 0.15) is 11.6 Å². The molecule has 1 aromatic rings. The maximum absolute atomic E-state index is 13.4. The van der Waals surface area contributed by atoms with E-state index in [9.17, 15) is 23.5 Å². The molecule has 2 atom stereocenters. The van der Waals surface area contributed by atoms with Gasteiger partial charge in [0, 0.05) is 3.57 Å². The highest BCUT2D eigenvalue weighted by molar-refractivity contribution is 14.1. The van der Waals surface area contributed by atoms with Crippen LogP contribution in [0.3, 0.4) is 0 Å². The maximum atomic E-state index is 13.4. The van der Waals surface area contributed by atoms with E-state index in [4.69, 9.17) is 4.74 Å². The number of carbonyl (C=O) groups excluding carboxylic acids is 2. The Hall–Kier alpha value is -1.29. The first-order valence-corrected chi connectivity index (χ1v) is 10.4. The van der Waals surface area contributed by atoms with Crippen LogP contribution < -0.4 is 5.11 Å². The normalized spacial score (nSPS) is 33.7. The van der Waals surface area contributed by atoms with Crippen molar-refractivity contribution >= 4 is 34.5 Å². The molecule has 152 valence electrons. The van der Waals surface area contributed by atoms with E-state index in [1.807, 2.05) is 12.1 Å². The fraction of sp³-hybridized carbons (Fsp3) is 0.600. The maximum Gasteiger partial charge on any atom is 0.397 e. The zero-order chi connectivity index (χ0) is 20.2. The molecule has 0 heterocycles. The summed E-state index contributed by atoms with van der Waals surface area (Å²) in [5.41, 5.74) is -0.815. The lowest BCUT2D eigenvalue weighted by Crippen LogP contribution is -2.59. The van der Waals surface area contributed by atoms with Crippen molar-refractivity contribution in [3.05, 3.63) is 33.4 Å². The highest BCUT2D eigenvalue weighted by atomic mass is 127. The van der Waals surface area contributed by atoms with E-state index in [1.165, 1.54) is 0 Å². The van der Waals surface area contributed by atoms with Gasteiger partial charge in [0.2, 0.25) is 0 Å². The van der Waals surface area contributed by atoms with Crippen LogP contribution in [-0.2, 0) is 14.3 Å². The number of benzene rings is 1. The third-order valence-corrected chi connectivity index (χ3v) is 7.03. The first kappa shape index (κ1) is 20.0. The van der Waals surface area contributed by atoms with Crippen LogP contribution in [0.2, 0.25) is 0 Å². The first-order chi connectivity index (χ1) is 13.1. The Morgan fingerprint density at radius 2 is 1.75 bits per heavy atom. The molecule has 4 aliphatic rings. The number of alkyl halides is 2. The van der Waals surface area contributed by atoms with Gasteiger partial charge in [0.25, 0.3) is 0 Å². The number of rotatable bonds is 6. The molecule has 4 aliphatic carbocycles. The fourth-order valence-corrected chi connectivity index (χ4v) is 6.16. The predicted molar refractivity (Wildman–Crippen MR) is 100 cm³/mol. The van der Waals surface area contributed by atoms with E-state index in [0.29, 0.717) is 24.8 Å². The summed E-state index contributed by atoms with van der Waals surface area (Å²) in [6, 6.07) is 7.08. The number of hydrogen-bond donors (Lipinski definition) is 0. The van der Waals surface area contributed by atoms with Crippen LogP contribution in [0.4, 0.5) is 8.78 Å². The number of hydrogen-bond acceptors (Lipinski definition) is 5. The Bertz CT molecular complexity index is 780. The number of carbonyl (C=O) groups is 2. The number of carboxylic acids is 1. The second-order valence-electron chi connectivity index (χ2n) is 8.63. The minimum Gasteiger partial charge on any atom is -0.542 e. The predicted octanol–water partition coefficient (Wildman–Crippen LogP) is 3.15. The van der Waals surface area contributed by atoms with Gasteiger partial charge in [-0.1, -0.05) is 0 Å². The highest BCUT2D eigenvalue weighted by Gasteiger charge is 2.60. The van der Waals surface area contributed by atoms with Gasteiger partial charge in [-0.05, 0) is 103 Å². The summed E-state index contributed by atoms with van der Waals surface area (Å²) in [6.07, 6.45) is -0.0799. The largest absolute Gasteiger partial charge is 0.542 e. The number of esters is 1. The summed E-state index contributed by atoms with van der Waals surface area (Å²) in [6.45, 7) is -0.371. The molecule has 5 rings (SSSR count). The van der Waals surface area contributed by atoms with E-state index in [0.717, 1.165) is 22.8 Å². The Morgan fingerprint density at radius 3 is 2.32 bits per heavy atom. The molecular weight excluding hydrogens is 485 g/mol. The highest BCUT2D eigenvalue weighted by Crippen LogP contribution is 2.63. The van der Waals surface area contributed by atoms with Gasteiger partial charge in [0.05, 0.1) is 12.2 Å². The molecule has 0 amide bonds. The summed E-state index contributed by atoms with van der Waals surface area (Å²) in [5.74, 6) is -2.40. The number of ether oxygens (including phenoxy) is 2. The molecule has 4 saturated carbocycles. The number of carboxylic acid groups (broad SMARTS) is 1. The molecule has 0 aliphatic heterocycles. The van der Waals surface area contributed by atoms with Crippen LogP contribution in [0.25, 0.3) is 0 Å². The average Bonchev–Trinajstić information content (AvgIpc) is 2.59. The molecule has 28 heavy (non-hydrogen) atoms. The zero-order valence-electron chi connectivity index (χ0n) is 15.1. The van der Waals surface area contributed by atoms with E-state index in [-0.39, 0.29) is 18.4 Å². The molecule has 2 unspecified atom stereocenters. The minimum absolute atomic E-state index is 0.269. The van der Waals surface area contributed by atoms with E-state index < -0.39 is 29.1 Å². The number of halogens is 3. The molecule has 1 aromatic carbocycles. The summed E-state index contributed by atoms with van der Waals surface area (Å²) >= 11 is 2.15. The van der Waals surface area contributed by atoms with Gasteiger partial charge < -0.3 is 19.4 Å². The molecule has 0 radical (unpaired) electrons. The lowest BCUT2D eigenvalue weighted by molar-refractivity contribution is -0.367. The Labute approximate surface area is 174 Å². The van der Waals surface area contributed by atoms with Crippen molar-refractivity contribution in [2.24, 2.45) is 17.3 Å². The second kappa shape index (κ2) is 6.90. The van der Waals surface area contributed by atoms with Gasteiger partial charge in [-0.3, -0.25) is 0 Å². The number of aliphatic carboxylic acids is 1. The van der Waals surface area contributed by atoms with Gasteiger partial charge in [-0.15, -0.1) is 0 Å². The summed E-state index contributed by atoms with van der Waals surface area (Å²) < 4.78 is 38.3. The van der Waals surface area contributed by atoms with Crippen LogP contribution in [0.1, 0.15) is 48.9 Å². The topological polar surface area (TPSA) is 75.7 Å². The van der Waals surface area contributed by atoms with Crippen molar-refractivity contribution in [1.29, 1.82) is 0 Å². The minimum atomic E-state index is -4.31. The molecule has 0 spiro atoms. The van der Waals surface area contributed by atoms with Gasteiger partial charge >= 0.3 is 12.1 Å². The van der Waals surface area contributed by atoms with Crippen LogP contribution >= 0.6 is 22.6 Å². The van der Waals surface area contributed by atoms with Gasteiger partial charge in [-0.2, -0.15) is 8.78 Å². The molecule has 5 nitrogen and oxygen atoms in total. The van der Waals surface area contributed by atoms with Gasteiger partial charge in [0.15, 0.2) is 0 Å². The summed E-state index contributed by atoms with van der Waals surface area (Å²) in [7, 11) is 0. The smallest absolute Gasteiger partial charge is 0.397 e. The molecule has 0 N–H and O–H groups in total. The zero-order valence-corrected chi connectivity index (χ0v) is 17.2. The quantitative estimate of drug-likeness (QED) is 0.439. The molecule has 0 aromatic heterocycles. The molecular formula is C20H20F2IO5-. The monoisotopic (exact) mass is 505 g/mol. The van der Waals surface area contributed by atoms with Crippen molar-refractivity contribution in [2.75, 3.05) is 6.61 Å². The van der Waals surface area contributed by atoms with Crippen molar-refractivity contribution < 1.29 is 33.0 Å². The first-order valence-electron chi connectivity index (χ1n) is 9.33. The van der Waals surface area contributed by atoms with Gasteiger partial charge in [-0.25, -0.2) is 4.79 Å². The molecule has 4 bridgehead atoms. The molecule has 4 fully saturated rings. The van der Waals surface area contributed by atoms with Crippen LogP contribution in [0.5, 0.6) is 0 Å². The molecule has 0 saturated heterocycles. The Morgan fingerprint density at radius 1 is 1.14 bits per heavy atom. The Kier molecular flexibility index (Phi) is 4.93. The second-order valence-corrected chi connectivity index (χ2v) is 9.88. The van der Waals surface area contributed by atoms with E-state index >= 15 is 0 Å². The lowest BCUT2D eigenvalue weighted by atomic mass is 9.48. The van der Waals surface area contributed by atoms with Crippen molar-refractivity contribution in [2.45, 2.75) is 50.2 Å². The van der Waals surface area contributed by atoms with Crippen LogP contribution in [0.15, 0.2) is 24.3 Å². The summed E-state index contributed by atoms with van der Waals surface area (Å²) in [4.78, 5) is 23.3. The lowest BCUT2D eigenvalue weighted by Gasteiger charge is -2.61. The third-order valence-electron chi connectivity index (χ3n) is 6.31. The Balaban J connectivity index is 1.51. The van der Waals surface area contributed by atoms with E-state index in [2.05, 4.69) is 27.3 Å². The van der Waals surface area contributed by atoms with Crippen molar-refractivity contribution in [3.63, 3.8) is 0 Å². The van der Waals surface area contributed by atoms with Crippen LogP contribution in [-0.4, -0.2) is 30.3 Å². The van der Waals surface area contributed by atoms with E-state index in [1.54, 1.807) is 12.1 Å².